The monoisotopic (exact) mass is 331 g/mol. The minimum atomic E-state index is -0.791. The summed E-state index contributed by atoms with van der Waals surface area (Å²) in [4.78, 5) is 21.2. The highest BCUT2D eigenvalue weighted by molar-refractivity contribution is 5.69. The van der Waals surface area contributed by atoms with Gasteiger partial charge in [-0.2, -0.15) is 15.1 Å². The van der Waals surface area contributed by atoms with Crippen LogP contribution in [0.3, 0.4) is 0 Å². The topological polar surface area (TPSA) is 122 Å². The lowest BCUT2D eigenvalue weighted by molar-refractivity contribution is -0.139. The molecule has 0 aliphatic heterocycles. The third-order valence-corrected chi connectivity index (χ3v) is 4.20. The van der Waals surface area contributed by atoms with Crippen LogP contribution < -0.4 is 11.1 Å². The Kier molecular flexibility index (Phi) is 4.61. The minimum absolute atomic E-state index is 0.0811. The van der Waals surface area contributed by atoms with Gasteiger partial charge in [-0.3, -0.25) is 9.69 Å². The van der Waals surface area contributed by atoms with Crippen LogP contribution in [0.15, 0.2) is 24.5 Å². The van der Waals surface area contributed by atoms with Crippen LogP contribution in [0.2, 0.25) is 0 Å². The Morgan fingerprint density at radius 1 is 1.50 bits per heavy atom. The molecule has 0 saturated heterocycles. The van der Waals surface area contributed by atoms with Crippen molar-refractivity contribution in [1.29, 1.82) is 0 Å². The van der Waals surface area contributed by atoms with Crippen LogP contribution in [0.1, 0.15) is 19.8 Å². The third-order valence-electron chi connectivity index (χ3n) is 4.20. The Morgan fingerprint density at radius 2 is 2.29 bits per heavy atom. The SMILES string of the molecule is CCN(CC(=O)O)C1CC(Nc2cc(-n3cccn3)nc(N)n2)C1. The number of nitrogens with zero attached hydrogens (tertiary/aromatic N) is 5. The van der Waals surface area contributed by atoms with Crippen molar-refractivity contribution in [1.82, 2.24) is 24.6 Å². The van der Waals surface area contributed by atoms with Crippen LogP contribution in [0.5, 0.6) is 0 Å². The summed E-state index contributed by atoms with van der Waals surface area (Å²) in [6, 6.07) is 4.14. The Bertz CT molecular complexity index is 698. The predicted molar refractivity (Wildman–Crippen MR) is 88.9 cm³/mol. The number of hydrogen-bond acceptors (Lipinski definition) is 7. The molecule has 24 heavy (non-hydrogen) atoms. The summed E-state index contributed by atoms with van der Waals surface area (Å²) in [5, 5.41) is 16.4. The molecule has 0 radical (unpaired) electrons. The highest BCUT2D eigenvalue weighted by Crippen LogP contribution is 2.28. The van der Waals surface area contributed by atoms with Crippen molar-refractivity contribution < 1.29 is 9.90 Å². The van der Waals surface area contributed by atoms with Gasteiger partial charge in [-0.25, -0.2) is 4.68 Å². The first-order valence-corrected chi connectivity index (χ1v) is 7.92. The second-order valence-corrected chi connectivity index (χ2v) is 5.84. The molecule has 128 valence electrons. The summed E-state index contributed by atoms with van der Waals surface area (Å²) < 4.78 is 1.62. The van der Waals surface area contributed by atoms with E-state index in [2.05, 4.69) is 20.4 Å². The molecule has 0 amide bonds. The number of nitrogen functional groups attached to an aromatic ring is 1. The van der Waals surface area contributed by atoms with Crippen molar-refractivity contribution in [2.75, 3.05) is 24.1 Å². The molecule has 2 aromatic heterocycles. The number of nitrogens with two attached hydrogens (primary N) is 1. The smallest absolute Gasteiger partial charge is 0.317 e. The van der Waals surface area contributed by atoms with Gasteiger partial charge in [0.15, 0.2) is 5.82 Å². The molecule has 2 heterocycles. The Balaban J connectivity index is 1.61. The first-order valence-electron chi connectivity index (χ1n) is 7.92. The molecule has 9 heteroatoms. The van der Waals surface area contributed by atoms with E-state index in [0.717, 1.165) is 19.4 Å². The zero-order valence-electron chi connectivity index (χ0n) is 13.5. The van der Waals surface area contributed by atoms with E-state index in [4.69, 9.17) is 10.8 Å². The molecule has 0 aromatic carbocycles. The summed E-state index contributed by atoms with van der Waals surface area (Å²) in [5.74, 6) is 0.646. The predicted octanol–water partition coefficient (Wildman–Crippen LogP) is 0.594. The Morgan fingerprint density at radius 3 is 2.92 bits per heavy atom. The molecule has 0 atom stereocenters. The van der Waals surface area contributed by atoms with Gasteiger partial charge in [-0.05, 0) is 25.5 Å². The first kappa shape index (κ1) is 16.2. The van der Waals surface area contributed by atoms with Gasteiger partial charge < -0.3 is 16.2 Å². The molecule has 1 aliphatic carbocycles. The fourth-order valence-electron chi connectivity index (χ4n) is 2.93. The number of aromatic nitrogens is 4. The number of nitrogens with one attached hydrogen (secondary N) is 1. The van der Waals surface area contributed by atoms with E-state index in [1.165, 1.54) is 0 Å². The molecule has 4 N–H and O–H groups in total. The zero-order valence-corrected chi connectivity index (χ0v) is 13.5. The summed E-state index contributed by atoms with van der Waals surface area (Å²) in [6.07, 6.45) is 5.21. The van der Waals surface area contributed by atoms with Gasteiger partial charge in [0, 0.05) is 30.5 Å². The third kappa shape index (κ3) is 3.62. The van der Waals surface area contributed by atoms with E-state index in [1.54, 1.807) is 23.1 Å². The van der Waals surface area contributed by atoms with E-state index in [0.29, 0.717) is 11.6 Å². The van der Waals surface area contributed by atoms with Crippen LogP contribution in [0, 0.1) is 0 Å². The molecule has 0 bridgehead atoms. The van der Waals surface area contributed by atoms with E-state index in [1.807, 2.05) is 17.9 Å². The molecule has 0 spiro atoms. The van der Waals surface area contributed by atoms with Gasteiger partial charge in [0.05, 0.1) is 6.54 Å². The number of anilines is 2. The van der Waals surface area contributed by atoms with Crippen molar-refractivity contribution >= 4 is 17.7 Å². The number of carboxylic acid groups (broad SMARTS) is 1. The first-order chi connectivity index (χ1) is 11.5. The number of hydrogen-bond donors (Lipinski definition) is 3. The summed E-state index contributed by atoms with van der Waals surface area (Å²) in [7, 11) is 0. The van der Waals surface area contributed by atoms with Crippen molar-refractivity contribution in [2.24, 2.45) is 0 Å². The molecule has 3 rings (SSSR count). The Hall–Kier alpha value is -2.68. The molecular formula is C15H21N7O2. The molecule has 1 aliphatic rings. The van der Waals surface area contributed by atoms with Crippen molar-refractivity contribution in [3.63, 3.8) is 0 Å². The van der Waals surface area contributed by atoms with Gasteiger partial charge in [-0.15, -0.1) is 0 Å². The van der Waals surface area contributed by atoms with Crippen molar-refractivity contribution in [3.8, 4) is 5.82 Å². The summed E-state index contributed by atoms with van der Waals surface area (Å²) in [5.41, 5.74) is 5.78. The fourth-order valence-corrected chi connectivity index (χ4v) is 2.93. The van der Waals surface area contributed by atoms with Crippen molar-refractivity contribution in [2.45, 2.75) is 31.8 Å². The maximum absolute atomic E-state index is 10.9. The highest BCUT2D eigenvalue weighted by atomic mass is 16.4. The summed E-state index contributed by atoms with van der Waals surface area (Å²) in [6.45, 7) is 2.79. The number of carboxylic acids is 1. The van der Waals surface area contributed by atoms with Crippen molar-refractivity contribution in [3.05, 3.63) is 24.5 Å². The van der Waals surface area contributed by atoms with Crippen LogP contribution in [-0.2, 0) is 4.79 Å². The molecule has 9 nitrogen and oxygen atoms in total. The van der Waals surface area contributed by atoms with Crippen LogP contribution >= 0.6 is 0 Å². The van der Waals surface area contributed by atoms with Crippen LogP contribution in [0.4, 0.5) is 11.8 Å². The molecule has 2 aromatic rings. The fraction of sp³-hybridized carbons (Fsp3) is 0.467. The average Bonchev–Trinajstić information content (AvgIpc) is 3.02. The number of likely N-dealkylation sites (N-methyl/N-ethyl adjacent to an activating group) is 1. The zero-order chi connectivity index (χ0) is 17.1. The summed E-state index contributed by atoms with van der Waals surface area (Å²) >= 11 is 0. The van der Waals surface area contributed by atoms with Gasteiger partial charge in [-0.1, -0.05) is 6.92 Å². The molecule has 1 saturated carbocycles. The standard InChI is InChI=1S/C15H21N7O2/c1-2-21(9-14(23)24)11-6-10(7-11)18-12-8-13(20-15(16)19-12)22-5-3-4-17-22/h3-5,8,10-11H,2,6-7,9H2,1H3,(H,23,24)(H3,16,18,19,20). The van der Waals surface area contributed by atoms with Crippen LogP contribution in [0.25, 0.3) is 5.82 Å². The maximum Gasteiger partial charge on any atom is 0.317 e. The van der Waals surface area contributed by atoms with Gasteiger partial charge in [0.25, 0.3) is 0 Å². The molecular weight excluding hydrogens is 310 g/mol. The number of carbonyl (C=O) groups is 1. The molecule has 0 unspecified atom stereocenters. The lowest BCUT2D eigenvalue weighted by Crippen LogP contribution is -2.51. The van der Waals surface area contributed by atoms with E-state index in [-0.39, 0.29) is 24.6 Å². The lowest BCUT2D eigenvalue weighted by Gasteiger charge is -2.42. The second kappa shape index (κ2) is 6.83. The average molecular weight is 331 g/mol. The largest absolute Gasteiger partial charge is 0.480 e. The second-order valence-electron chi connectivity index (χ2n) is 5.84. The normalized spacial score (nSPS) is 19.9. The van der Waals surface area contributed by atoms with Crippen LogP contribution in [-0.4, -0.2) is 60.9 Å². The van der Waals surface area contributed by atoms with Gasteiger partial charge >= 0.3 is 5.97 Å². The quantitative estimate of drug-likeness (QED) is 0.674. The lowest BCUT2D eigenvalue weighted by atomic mass is 9.85. The highest BCUT2D eigenvalue weighted by Gasteiger charge is 2.34. The number of aliphatic carboxylic acids is 1. The number of rotatable bonds is 7. The van der Waals surface area contributed by atoms with Gasteiger partial charge in [0.1, 0.15) is 5.82 Å². The van der Waals surface area contributed by atoms with E-state index >= 15 is 0 Å². The van der Waals surface area contributed by atoms with E-state index < -0.39 is 5.97 Å². The van der Waals surface area contributed by atoms with E-state index in [9.17, 15) is 4.79 Å². The minimum Gasteiger partial charge on any atom is -0.480 e. The molecule has 1 fully saturated rings. The Labute approximate surface area is 139 Å². The van der Waals surface area contributed by atoms with Gasteiger partial charge in [0.2, 0.25) is 5.95 Å². The maximum atomic E-state index is 10.9.